The van der Waals surface area contributed by atoms with Gasteiger partial charge in [0, 0.05) is 0 Å². The van der Waals surface area contributed by atoms with Gasteiger partial charge in [0.15, 0.2) is 5.69 Å². The maximum Gasteiger partial charge on any atom is 0.412 e. The van der Waals surface area contributed by atoms with Gasteiger partial charge in [0.2, 0.25) is 5.89 Å². The number of alkyl carbamates (subject to hydrolysis) is 1. The van der Waals surface area contributed by atoms with Crippen molar-refractivity contribution in [3.63, 3.8) is 0 Å². The Bertz CT molecular complexity index is 706. The number of nitrogens with one attached hydrogen (secondary N) is 1. The normalized spacial score (nSPS) is 11.0. The van der Waals surface area contributed by atoms with Crippen LogP contribution in [0.15, 0.2) is 47.1 Å². The van der Waals surface area contributed by atoms with Crippen molar-refractivity contribution in [3.05, 3.63) is 59.8 Å². The van der Waals surface area contributed by atoms with E-state index in [4.69, 9.17) is 9.15 Å². The molecule has 120 valence electrons. The maximum atomic E-state index is 11.8. The van der Waals surface area contributed by atoms with Crippen molar-refractivity contribution in [3.8, 4) is 0 Å². The molecule has 0 atom stereocenters. The van der Waals surface area contributed by atoms with Gasteiger partial charge in [0.25, 0.3) is 0 Å². The number of allylic oxidation sites excluding steroid dienone is 1. The second kappa shape index (κ2) is 7.79. The summed E-state index contributed by atoms with van der Waals surface area (Å²) >= 11 is 0. The van der Waals surface area contributed by atoms with E-state index in [0.29, 0.717) is 5.70 Å². The lowest BCUT2D eigenvalue weighted by Gasteiger charge is -2.07. The molecule has 0 aliphatic heterocycles. The van der Waals surface area contributed by atoms with Crippen LogP contribution in [-0.2, 0) is 16.1 Å². The largest absolute Gasteiger partial charge is 0.464 e. The van der Waals surface area contributed by atoms with Crippen molar-refractivity contribution < 1.29 is 23.5 Å². The lowest BCUT2D eigenvalue weighted by atomic mass is 10.2. The molecular formula is C16H16N2O5. The zero-order valence-corrected chi connectivity index (χ0v) is 12.7. The second-order valence-corrected chi connectivity index (χ2v) is 4.42. The molecule has 1 aromatic carbocycles. The Hall–Kier alpha value is -3.09. The molecule has 1 aromatic heterocycles. The molecule has 0 aliphatic carbocycles. The van der Waals surface area contributed by atoms with Gasteiger partial charge in [0.05, 0.1) is 7.11 Å². The fraction of sp³-hybridized carbons (Fsp3) is 0.188. The van der Waals surface area contributed by atoms with Crippen molar-refractivity contribution in [1.29, 1.82) is 0 Å². The van der Waals surface area contributed by atoms with E-state index < -0.39 is 12.1 Å². The number of benzene rings is 1. The molecule has 2 rings (SSSR count). The Labute approximate surface area is 132 Å². The van der Waals surface area contributed by atoms with E-state index in [1.54, 1.807) is 13.0 Å². The van der Waals surface area contributed by atoms with Gasteiger partial charge in [0.1, 0.15) is 18.6 Å². The van der Waals surface area contributed by atoms with Gasteiger partial charge in [-0.25, -0.2) is 14.6 Å². The van der Waals surface area contributed by atoms with Crippen molar-refractivity contribution in [2.75, 3.05) is 7.11 Å². The van der Waals surface area contributed by atoms with E-state index in [-0.39, 0.29) is 18.2 Å². The molecule has 0 aliphatic rings. The number of nitrogens with zero attached hydrogens (tertiary/aromatic N) is 1. The molecule has 0 unspecified atom stereocenters. The smallest absolute Gasteiger partial charge is 0.412 e. The third-order valence-electron chi connectivity index (χ3n) is 2.87. The predicted octanol–water partition coefficient (Wildman–Crippen LogP) is 2.75. The number of oxazole rings is 1. The number of hydrogen-bond donors (Lipinski definition) is 1. The van der Waals surface area contributed by atoms with Crippen LogP contribution in [0, 0.1) is 0 Å². The zero-order chi connectivity index (χ0) is 16.7. The lowest BCUT2D eigenvalue weighted by molar-refractivity contribution is 0.0594. The summed E-state index contributed by atoms with van der Waals surface area (Å²) in [4.78, 5) is 27.1. The topological polar surface area (TPSA) is 90.7 Å². The number of aromatic nitrogens is 1. The Morgan fingerprint density at radius 3 is 2.70 bits per heavy atom. The number of ether oxygens (including phenoxy) is 2. The molecule has 0 spiro atoms. The van der Waals surface area contributed by atoms with Crippen molar-refractivity contribution in [2.45, 2.75) is 13.5 Å². The summed E-state index contributed by atoms with van der Waals surface area (Å²) in [6, 6.07) is 9.29. The van der Waals surface area contributed by atoms with Crippen LogP contribution in [0.4, 0.5) is 4.79 Å². The molecule has 7 heteroatoms. The molecule has 1 heterocycles. The van der Waals surface area contributed by atoms with Crippen LogP contribution in [-0.4, -0.2) is 24.2 Å². The number of methoxy groups -OCH3 is 1. The standard InChI is InChI=1S/C16H16N2O5/c1-3-12(14-17-13(10-22-14)15(19)21-2)18-16(20)23-9-11-7-5-4-6-8-11/h3-8,10H,9H2,1-2H3,(H,18,20)/b12-3+. The lowest BCUT2D eigenvalue weighted by Crippen LogP contribution is -2.23. The molecule has 0 radical (unpaired) electrons. The van der Waals surface area contributed by atoms with Crippen LogP contribution in [0.3, 0.4) is 0 Å². The highest BCUT2D eigenvalue weighted by Crippen LogP contribution is 2.12. The first-order chi connectivity index (χ1) is 11.1. The molecule has 1 N–H and O–H groups in total. The molecule has 0 saturated carbocycles. The Kier molecular flexibility index (Phi) is 5.51. The summed E-state index contributed by atoms with van der Waals surface area (Å²) in [5.74, 6) is -0.535. The van der Waals surface area contributed by atoms with E-state index >= 15 is 0 Å². The van der Waals surface area contributed by atoms with Gasteiger partial charge in [-0.15, -0.1) is 0 Å². The number of amides is 1. The Morgan fingerprint density at radius 1 is 1.30 bits per heavy atom. The Morgan fingerprint density at radius 2 is 2.04 bits per heavy atom. The quantitative estimate of drug-likeness (QED) is 0.853. The minimum absolute atomic E-state index is 0.0151. The van der Waals surface area contributed by atoms with Crippen LogP contribution in [0.1, 0.15) is 28.9 Å². The summed E-state index contributed by atoms with van der Waals surface area (Å²) < 4.78 is 14.8. The third kappa shape index (κ3) is 4.44. The van der Waals surface area contributed by atoms with Crippen LogP contribution in [0.25, 0.3) is 5.70 Å². The van der Waals surface area contributed by atoms with E-state index in [1.165, 1.54) is 7.11 Å². The SMILES string of the molecule is C/C=C(/NC(=O)OCc1ccccc1)c1nc(C(=O)OC)co1. The number of carbonyl (C=O) groups excluding carboxylic acids is 2. The summed E-state index contributed by atoms with van der Waals surface area (Å²) in [7, 11) is 1.24. The van der Waals surface area contributed by atoms with Crippen molar-refractivity contribution in [2.24, 2.45) is 0 Å². The van der Waals surface area contributed by atoms with E-state index in [1.807, 2.05) is 30.3 Å². The first-order valence-corrected chi connectivity index (χ1v) is 6.82. The van der Waals surface area contributed by atoms with Crippen LogP contribution in [0.2, 0.25) is 0 Å². The van der Waals surface area contributed by atoms with Gasteiger partial charge < -0.3 is 13.9 Å². The number of hydrogen-bond acceptors (Lipinski definition) is 6. The van der Waals surface area contributed by atoms with Gasteiger partial charge in [-0.05, 0) is 12.5 Å². The minimum Gasteiger partial charge on any atom is -0.464 e. The monoisotopic (exact) mass is 316 g/mol. The number of carbonyl (C=O) groups is 2. The Balaban J connectivity index is 1.95. The number of rotatable bonds is 5. The first kappa shape index (κ1) is 16.3. The van der Waals surface area contributed by atoms with Gasteiger partial charge >= 0.3 is 12.1 Å². The highest BCUT2D eigenvalue weighted by molar-refractivity contribution is 5.87. The maximum absolute atomic E-state index is 11.8. The zero-order valence-electron chi connectivity index (χ0n) is 12.7. The average Bonchev–Trinajstić information content (AvgIpc) is 3.08. The summed E-state index contributed by atoms with van der Waals surface area (Å²) in [6.45, 7) is 1.83. The number of esters is 1. The summed E-state index contributed by atoms with van der Waals surface area (Å²) in [6.07, 6.45) is 2.08. The molecule has 1 amide bonds. The van der Waals surface area contributed by atoms with Crippen LogP contribution >= 0.6 is 0 Å². The fourth-order valence-corrected chi connectivity index (χ4v) is 1.71. The summed E-state index contributed by atoms with van der Waals surface area (Å²) in [5.41, 5.74) is 1.17. The van der Waals surface area contributed by atoms with Gasteiger partial charge in [-0.1, -0.05) is 36.4 Å². The second-order valence-electron chi connectivity index (χ2n) is 4.42. The van der Waals surface area contributed by atoms with E-state index in [2.05, 4.69) is 15.0 Å². The van der Waals surface area contributed by atoms with Crippen LogP contribution in [0.5, 0.6) is 0 Å². The first-order valence-electron chi connectivity index (χ1n) is 6.82. The highest BCUT2D eigenvalue weighted by atomic mass is 16.5. The molecule has 7 nitrogen and oxygen atoms in total. The van der Waals surface area contributed by atoms with Gasteiger partial charge in [-0.3, -0.25) is 5.32 Å². The molecule has 23 heavy (non-hydrogen) atoms. The molecule has 0 bridgehead atoms. The van der Waals surface area contributed by atoms with Gasteiger partial charge in [-0.2, -0.15) is 0 Å². The van der Waals surface area contributed by atoms with Crippen molar-refractivity contribution in [1.82, 2.24) is 10.3 Å². The van der Waals surface area contributed by atoms with E-state index in [0.717, 1.165) is 11.8 Å². The average molecular weight is 316 g/mol. The molecule has 2 aromatic rings. The van der Waals surface area contributed by atoms with Crippen LogP contribution < -0.4 is 5.32 Å². The minimum atomic E-state index is -0.653. The molecule has 0 fully saturated rings. The molecule has 0 saturated heterocycles. The highest BCUT2D eigenvalue weighted by Gasteiger charge is 2.16. The third-order valence-corrected chi connectivity index (χ3v) is 2.87. The van der Waals surface area contributed by atoms with Crippen molar-refractivity contribution >= 4 is 17.8 Å². The molecular weight excluding hydrogens is 300 g/mol. The predicted molar refractivity (Wildman–Crippen MR) is 81.3 cm³/mol. The van der Waals surface area contributed by atoms with E-state index in [9.17, 15) is 9.59 Å². The summed E-state index contributed by atoms with van der Waals surface area (Å²) in [5, 5.41) is 2.52. The fourth-order valence-electron chi connectivity index (χ4n) is 1.71.